The van der Waals surface area contributed by atoms with Gasteiger partial charge in [-0.3, -0.25) is 9.59 Å². The maximum absolute atomic E-state index is 13.0. The van der Waals surface area contributed by atoms with Gasteiger partial charge in [-0.15, -0.1) is 0 Å². The Morgan fingerprint density at radius 1 is 0.917 bits per heavy atom. The molecular formula is C29H27N3O4. The van der Waals surface area contributed by atoms with Crippen LogP contribution in [0.25, 0.3) is 11.3 Å². The number of hydrogen-bond acceptors (Lipinski definition) is 5. The first-order valence-electron chi connectivity index (χ1n) is 12.0. The summed E-state index contributed by atoms with van der Waals surface area (Å²) in [4.78, 5) is 25.6. The number of ether oxygens (including phenoxy) is 2. The van der Waals surface area contributed by atoms with Crippen LogP contribution in [0.15, 0.2) is 95.8 Å². The monoisotopic (exact) mass is 481 g/mol. The number of carbonyl (C=O) groups excluding carboxylic acids is 1. The van der Waals surface area contributed by atoms with Gasteiger partial charge in [-0.25, -0.2) is 4.68 Å². The van der Waals surface area contributed by atoms with E-state index in [4.69, 9.17) is 9.47 Å². The largest absolute Gasteiger partial charge is 0.454 e. The van der Waals surface area contributed by atoms with Crippen LogP contribution in [-0.4, -0.2) is 29.0 Å². The van der Waals surface area contributed by atoms with Crippen LogP contribution in [0.5, 0.6) is 11.5 Å². The molecule has 1 unspecified atom stereocenters. The fourth-order valence-corrected chi connectivity index (χ4v) is 4.41. The molecule has 0 aliphatic carbocycles. The van der Waals surface area contributed by atoms with Crippen LogP contribution in [-0.2, 0) is 4.79 Å². The van der Waals surface area contributed by atoms with Crippen LogP contribution in [0.2, 0.25) is 0 Å². The van der Waals surface area contributed by atoms with E-state index in [-0.39, 0.29) is 24.2 Å². The molecule has 2 heterocycles. The van der Waals surface area contributed by atoms with Crippen molar-refractivity contribution in [3.8, 4) is 22.8 Å². The third kappa shape index (κ3) is 5.00. The predicted octanol–water partition coefficient (Wildman–Crippen LogP) is 4.54. The second kappa shape index (κ2) is 10.5. The van der Waals surface area contributed by atoms with E-state index in [9.17, 15) is 9.59 Å². The zero-order chi connectivity index (χ0) is 24.9. The molecule has 0 saturated heterocycles. The fraction of sp³-hybridized carbons (Fsp3) is 0.207. The van der Waals surface area contributed by atoms with Crippen molar-refractivity contribution >= 4 is 5.91 Å². The maximum atomic E-state index is 13.0. The highest BCUT2D eigenvalue weighted by molar-refractivity contribution is 5.79. The first kappa shape index (κ1) is 23.4. The van der Waals surface area contributed by atoms with E-state index >= 15 is 0 Å². The lowest BCUT2D eigenvalue weighted by Crippen LogP contribution is -2.37. The Morgan fingerprint density at radius 3 is 2.28 bits per heavy atom. The number of nitrogens with one attached hydrogen (secondary N) is 1. The van der Waals surface area contributed by atoms with Gasteiger partial charge in [-0.2, -0.15) is 5.10 Å². The highest BCUT2D eigenvalue weighted by atomic mass is 16.7. The molecule has 182 valence electrons. The quantitative estimate of drug-likeness (QED) is 0.400. The third-order valence-electron chi connectivity index (χ3n) is 6.38. The summed E-state index contributed by atoms with van der Waals surface area (Å²) in [5, 5.41) is 7.47. The summed E-state index contributed by atoms with van der Waals surface area (Å²) in [5.74, 6) is 1.19. The Morgan fingerprint density at radius 2 is 1.58 bits per heavy atom. The number of carbonyl (C=O) groups is 1. The van der Waals surface area contributed by atoms with Crippen molar-refractivity contribution in [2.75, 3.05) is 13.3 Å². The Bertz CT molecular complexity index is 1360. The third-order valence-corrected chi connectivity index (χ3v) is 6.38. The Balaban J connectivity index is 1.28. The van der Waals surface area contributed by atoms with E-state index in [0.717, 1.165) is 12.0 Å². The molecule has 7 heteroatoms. The highest BCUT2D eigenvalue weighted by Gasteiger charge is 2.20. The number of benzene rings is 3. The van der Waals surface area contributed by atoms with Crippen molar-refractivity contribution in [3.05, 3.63) is 112 Å². The van der Waals surface area contributed by atoms with Gasteiger partial charge in [0.05, 0.1) is 5.69 Å². The van der Waals surface area contributed by atoms with Crippen LogP contribution < -0.4 is 20.3 Å². The molecule has 7 nitrogen and oxygen atoms in total. The summed E-state index contributed by atoms with van der Waals surface area (Å²) in [7, 11) is 0. The zero-order valence-electron chi connectivity index (χ0n) is 20.0. The second-order valence-corrected chi connectivity index (χ2v) is 8.70. The average molecular weight is 482 g/mol. The van der Waals surface area contributed by atoms with E-state index in [2.05, 4.69) is 34.7 Å². The van der Waals surface area contributed by atoms with Crippen LogP contribution in [0.4, 0.5) is 0 Å². The summed E-state index contributed by atoms with van der Waals surface area (Å²) in [6, 6.07) is 28.3. The smallest absolute Gasteiger partial charge is 0.267 e. The molecular weight excluding hydrogens is 454 g/mol. The van der Waals surface area contributed by atoms with Crippen LogP contribution >= 0.6 is 0 Å². The number of hydrogen-bond donors (Lipinski definition) is 1. The molecule has 36 heavy (non-hydrogen) atoms. The van der Waals surface area contributed by atoms with Gasteiger partial charge >= 0.3 is 0 Å². The molecule has 1 aliphatic rings. The number of amides is 1. The molecule has 1 aromatic heterocycles. The van der Waals surface area contributed by atoms with Crippen molar-refractivity contribution in [3.63, 3.8) is 0 Å². The molecule has 1 amide bonds. The summed E-state index contributed by atoms with van der Waals surface area (Å²) in [6.45, 7) is 2.32. The van der Waals surface area contributed by atoms with E-state index in [0.29, 0.717) is 23.7 Å². The van der Waals surface area contributed by atoms with Gasteiger partial charge in [-0.05, 0) is 48.7 Å². The lowest BCUT2D eigenvalue weighted by atomic mass is 9.88. The van der Waals surface area contributed by atoms with Gasteiger partial charge in [0.25, 0.3) is 5.56 Å². The molecule has 1 aliphatic heterocycles. The SMILES string of the molecule is CC(C(=O)NCCC(c1ccccc1)c1ccccc1)n1nc(-c2ccc3c(c2)OCO3)ccc1=O. The van der Waals surface area contributed by atoms with Crippen LogP contribution in [0.3, 0.4) is 0 Å². The highest BCUT2D eigenvalue weighted by Crippen LogP contribution is 2.35. The van der Waals surface area contributed by atoms with Crippen molar-refractivity contribution in [2.45, 2.75) is 25.3 Å². The van der Waals surface area contributed by atoms with Gasteiger partial charge < -0.3 is 14.8 Å². The number of nitrogens with zero attached hydrogens (tertiary/aromatic N) is 2. The topological polar surface area (TPSA) is 82.5 Å². The normalized spacial score (nSPS) is 12.9. The minimum Gasteiger partial charge on any atom is -0.454 e. The van der Waals surface area contributed by atoms with Gasteiger partial charge in [0.1, 0.15) is 6.04 Å². The number of aromatic nitrogens is 2. The summed E-state index contributed by atoms with van der Waals surface area (Å²) >= 11 is 0. The van der Waals surface area contributed by atoms with Gasteiger partial charge in [0.2, 0.25) is 12.7 Å². The van der Waals surface area contributed by atoms with E-state index in [1.54, 1.807) is 19.1 Å². The lowest BCUT2D eigenvalue weighted by molar-refractivity contribution is -0.124. The van der Waals surface area contributed by atoms with Crippen LogP contribution in [0.1, 0.15) is 36.4 Å². The Labute approximate surface area is 209 Å². The maximum Gasteiger partial charge on any atom is 0.267 e. The molecule has 0 spiro atoms. The molecule has 1 N–H and O–H groups in total. The Kier molecular flexibility index (Phi) is 6.80. The lowest BCUT2D eigenvalue weighted by Gasteiger charge is -2.20. The second-order valence-electron chi connectivity index (χ2n) is 8.70. The van der Waals surface area contributed by atoms with Crippen molar-refractivity contribution in [1.29, 1.82) is 0 Å². The fourth-order valence-electron chi connectivity index (χ4n) is 4.41. The summed E-state index contributed by atoms with van der Waals surface area (Å²) < 4.78 is 12.0. The molecule has 4 aromatic rings. The molecule has 0 bridgehead atoms. The Hall–Kier alpha value is -4.39. The predicted molar refractivity (Wildman–Crippen MR) is 137 cm³/mol. The van der Waals surface area contributed by atoms with Gasteiger partial charge in [0.15, 0.2) is 11.5 Å². The standard InChI is InChI=1S/C29H27N3O4/c1-20(32-28(33)15-13-25(31-32)23-12-14-26-27(18-23)36-19-35-26)29(34)30-17-16-24(21-8-4-2-5-9-21)22-10-6-3-7-11-22/h2-15,18,20,24H,16-17,19H2,1H3,(H,30,34). The number of rotatable bonds is 8. The molecule has 0 saturated carbocycles. The summed E-state index contributed by atoms with van der Waals surface area (Å²) in [5.41, 5.74) is 3.39. The van der Waals surface area contributed by atoms with Crippen LogP contribution in [0, 0.1) is 0 Å². The van der Waals surface area contributed by atoms with E-state index in [1.807, 2.05) is 48.5 Å². The van der Waals surface area contributed by atoms with Crippen molar-refractivity contribution < 1.29 is 14.3 Å². The number of fused-ring (bicyclic) bond motifs is 1. The van der Waals surface area contributed by atoms with E-state index < -0.39 is 6.04 Å². The first-order chi connectivity index (χ1) is 17.6. The first-order valence-corrected chi connectivity index (χ1v) is 12.0. The molecule has 0 radical (unpaired) electrons. The van der Waals surface area contributed by atoms with Crippen molar-refractivity contribution in [1.82, 2.24) is 15.1 Å². The minimum absolute atomic E-state index is 0.151. The molecule has 5 rings (SSSR count). The molecule has 1 atom stereocenters. The summed E-state index contributed by atoms with van der Waals surface area (Å²) in [6.07, 6.45) is 0.728. The molecule has 3 aromatic carbocycles. The van der Waals surface area contributed by atoms with E-state index in [1.165, 1.54) is 21.9 Å². The average Bonchev–Trinajstić information content (AvgIpc) is 3.40. The zero-order valence-corrected chi connectivity index (χ0v) is 20.0. The minimum atomic E-state index is -0.765. The molecule has 0 fully saturated rings. The van der Waals surface area contributed by atoms with Gasteiger partial charge in [0, 0.05) is 24.1 Å². The van der Waals surface area contributed by atoms with Gasteiger partial charge in [-0.1, -0.05) is 60.7 Å². The van der Waals surface area contributed by atoms with Crippen molar-refractivity contribution in [2.24, 2.45) is 0 Å².